The fourth-order valence-corrected chi connectivity index (χ4v) is 3.28. The molecule has 4 nitrogen and oxygen atoms in total. The molecule has 7 heteroatoms. The summed E-state index contributed by atoms with van der Waals surface area (Å²) in [5.74, 6) is -0.00810. The molecule has 3 N–H and O–H groups in total. The fraction of sp³-hybridized carbons (Fsp3) is 0.350. The van der Waals surface area contributed by atoms with Gasteiger partial charge in [0, 0.05) is 6.54 Å². The van der Waals surface area contributed by atoms with Gasteiger partial charge in [0.15, 0.2) is 0 Å². The van der Waals surface area contributed by atoms with E-state index in [0.717, 1.165) is 29.8 Å². The van der Waals surface area contributed by atoms with E-state index in [1.165, 1.54) is 6.07 Å². The number of rotatable bonds is 4. The summed E-state index contributed by atoms with van der Waals surface area (Å²) >= 11 is 0. The van der Waals surface area contributed by atoms with Crippen molar-refractivity contribution in [3.8, 4) is 0 Å². The number of carbonyl (C=O) groups excluding carboxylic acids is 1. The average molecular weight is 377 g/mol. The number of anilines is 3. The summed E-state index contributed by atoms with van der Waals surface area (Å²) in [4.78, 5) is 12.9. The highest BCUT2D eigenvalue weighted by Gasteiger charge is 2.27. The number of alkyl halides is 3. The molecule has 1 atom stereocenters. The number of carbonyl (C=O) groups is 1. The van der Waals surface area contributed by atoms with E-state index in [4.69, 9.17) is 0 Å². The quantitative estimate of drug-likeness (QED) is 0.691. The van der Waals surface area contributed by atoms with Crippen molar-refractivity contribution in [1.29, 1.82) is 0 Å². The molecule has 0 saturated carbocycles. The Kier molecular flexibility index (Phi) is 5.30. The van der Waals surface area contributed by atoms with Gasteiger partial charge in [-0.05, 0) is 48.6 Å². The summed E-state index contributed by atoms with van der Waals surface area (Å²) in [6.45, 7) is 3.66. The summed E-state index contributed by atoms with van der Waals surface area (Å²) in [7, 11) is 0. The first-order chi connectivity index (χ1) is 12.7. The predicted octanol–water partition coefficient (Wildman–Crippen LogP) is 5.14. The predicted molar refractivity (Wildman–Crippen MR) is 102 cm³/mol. The SMILES string of the molecule is Cc1cc(C(=O)Nc2ccccc2NCC(F)(F)F)c2c(c1)C(C)CCN2. The van der Waals surface area contributed by atoms with E-state index >= 15 is 0 Å². The summed E-state index contributed by atoms with van der Waals surface area (Å²) < 4.78 is 37.5. The Bertz CT molecular complexity index is 849. The molecule has 2 aromatic rings. The molecule has 144 valence electrons. The van der Waals surface area contributed by atoms with Gasteiger partial charge in [-0.15, -0.1) is 0 Å². The normalized spacial score (nSPS) is 16.3. The number of hydrogen-bond donors (Lipinski definition) is 3. The van der Waals surface area contributed by atoms with Gasteiger partial charge in [0.1, 0.15) is 6.54 Å². The summed E-state index contributed by atoms with van der Waals surface area (Å²) in [6.07, 6.45) is -3.35. The van der Waals surface area contributed by atoms with Gasteiger partial charge in [0.25, 0.3) is 5.91 Å². The molecule has 0 aliphatic carbocycles. The molecular formula is C20H22F3N3O. The minimum Gasteiger partial charge on any atom is -0.384 e. The number of para-hydroxylation sites is 2. The van der Waals surface area contributed by atoms with Crippen LogP contribution in [-0.2, 0) is 0 Å². The van der Waals surface area contributed by atoms with Crippen molar-refractivity contribution in [3.05, 3.63) is 53.1 Å². The molecule has 1 aliphatic heterocycles. The van der Waals surface area contributed by atoms with E-state index in [2.05, 4.69) is 28.9 Å². The standard InChI is InChI=1S/C20H22F3N3O/c1-12-9-14-13(2)7-8-24-18(14)15(10-12)19(27)26-17-6-4-3-5-16(17)25-11-20(21,22)23/h3-6,9-10,13,24-25H,7-8,11H2,1-2H3,(H,26,27). The Morgan fingerprint density at radius 2 is 1.93 bits per heavy atom. The van der Waals surface area contributed by atoms with Crippen LogP contribution in [0.5, 0.6) is 0 Å². The van der Waals surface area contributed by atoms with Crippen molar-refractivity contribution < 1.29 is 18.0 Å². The second-order valence-corrected chi connectivity index (χ2v) is 6.86. The number of amides is 1. The van der Waals surface area contributed by atoms with E-state index in [9.17, 15) is 18.0 Å². The topological polar surface area (TPSA) is 53.2 Å². The molecule has 0 radical (unpaired) electrons. The molecule has 1 aliphatic rings. The summed E-state index contributed by atoms with van der Waals surface area (Å²) in [5, 5.41) is 8.37. The molecule has 0 saturated heterocycles. The van der Waals surface area contributed by atoms with Crippen LogP contribution in [0.1, 0.15) is 40.7 Å². The van der Waals surface area contributed by atoms with Crippen molar-refractivity contribution in [1.82, 2.24) is 0 Å². The number of hydrogen-bond acceptors (Lipinski definition) is 3. The maximum absolute atomic E-state index is 12.9. The zero-order chi connectivity index (χ0) is 19.6. The van der Waals surface area contributed by atoms with Crippen molar-refractivity contribution in [2.24, 2.45) is 0 Å². The molecule has 1 heterocycles. The third kappa shape index (κ3) is 4.53. The molecule has 1 unspecified atom stereocenters. The molecule has 1 amide bonds. The van der Waals surface area contributed by atoms with Gasteiger partial charge >= 0.3 is 6.18 Å². The third-order valence-corrected chi connectivity index (χ3v) is 4.62. The highest BCUT2D eigenvalue weighted by Crippen LogP contribution is 2.35. The lowest BCUT2D eigenvalue weighted by Gasteiger charge is -2.26. The Balaban J connectivity index is 1.87. The zero-order valence-corrected chi connectivity index (χ0v) is 15.2. The van der Waals surface area contributed by atoms with Crippen molar-refractivity contribution in [2.75, 3.05) is 29.0 Å². The first-order valence-corrected chi connectivity index (χ1v) is 8.84. The lowest BCUT2D eigenvalue weighted by molar-refractivity contribution is -0.115. The van der Waals surface area contributed by atoms with Gasteiger partial charge in [-0.1, -0.05) is 25.1 Å². The van der Waals surface area contributed by atoms with Gasteiger partial charge in [-0.2, -0.15) is 13.2 Å². The highest BCUT2D eigenvalue weighted by atomic mass is 19.4. The van der Waals surface area contributed by atoms with E-state index in [1.807, 2.05) is 6.92 Å². The van der Waals surface area contributed by atoms with Gasteiger partial charge < -0.3 is 16.0 Å². The molecule has 0 aromatic heterocycles. The van der Waals surface area contributed by atoms with Gasteiger partial charge in [0.2, 0.25) is 0 Å². The molecular weight excluding hydrogens is 355 g/mol. The molecule has 0 spiro atoms. The van der Waals surface area contributed by atoms with E-state index in [-0.39, 0.29) is 11.6 Å². The fourth-order valence-electron chi connectivity index (χ4n) is 3.28. The lowest BCUT2D eigenvalue weighted by Crippen LogP contribution is -2.23. The number of aryl methyl sites for hydroxylation is 1. The smallest absolute Gasteiger partial charge is 0.384 e. The van der Waals surface area contributed by atoms with Crippen molar-refractivity contribution >= 4 is 23.0 Å². The highest BCUT2D eigenvalue weighted by molar-refractivity contribution is 6.10. The lowest BCUT2D eigenvalue weighted by atomic mass is 9.89. The Labute approximate surface area is 156 Å². The monoisotopic (exact) mass is 377 g/mol. The van der Waals surface area contributed by atoms with Crippen LogP contribution < -0.4 is 16.0 Å². The van der Waals surface area contributed by atoms with Crippen LogP contribution in [0, 0.1) is 6.92 Å². The van der Waals surface area contributed by atoms with Crippen LogP contribution >= 0.6 is 0 Å². The van der Waals surface area contributed by atoms with Crippen LogP contribution in [0.4, 0.5) is 30.2 Å². The molecule has 27 heavy (non-hydrogen) atoms. The van der Waals surface area contributed by atoms with Crippen LogP contribution in [-0.4, -0.2) is 25.2 Å². The number of fused-ring (bicyclic) bond motifs is 1. The van der Waals surface area contributed by atoms with Crippen LogP contribution in [0.25, 0.3) is 0 Å². The zero-order valence-electron chi connectivity index (χ0n) is 15.2. The molecule has 3 rings (SSSR count). The second kappa shape index (κ2) is 7.50. The largest absolute Gasteiger partial charge is 0.405 e. The van der Waals surface area contributed by atoms with Gasteiger partial charge in [0.05, 0.1) is 22.6 Å². The Morgan fingerprint density at radius 1 is 1.22 bits per heavy atom. The average Bonchev–Trinajstić information content (AvgIpc) is 2.60. The van der Waals surface area contributed by atoms with Crippen LogP contribution in [0.15, 0.2) is 36.4 Å². The van der Waals surface area contributed by atoms with Gasteiger partial charge in [-0.3, -0.25) is 4.79 Å². The maximum atomic E-state index is 12.9. The Hall–Kier alpha value is -2.70. The van der Waals surface area contributed by atoms with Crippen molar-refractivity contribution in [2.45, 2.75) is 32.4 Å². The van der Waals surface area contributed by atoms with Crippen LogP contribution in [0.2, 0.25) is 0 Å². The van der Waals surface area contributed by atoms with E-state index < -0.39 is 12.7 Å². The third-order valence-electron chi connectivity index (χ3n) is 4.62. The van der Waals surface area contributed by atoms with E-state index in [1.54, 1.807) is 24.3 Å². The number of benzene rings is 2. The summed E-state index contributed by atoms with van der Waals surface area (Å²) in [6, 6.07) is 10.2. The van der Waals surface area contributed by atoms with E-state index in [0.29, 0.717) is 17.2 Å². The maximum Gasteiger partial charge on any atom is 0.405 e. The Morgan fingerprint density at radius 3 is 2.63 bits per heavy atom. The first-order valence-electron chi connectivity index (χ1n) is 8.84. The second-order valence-electron chi connectivity index (χ2n) is 6.86. The summed E-state index contributed by atoms with van der Waals surface area (Å²) in [5.41, 5.74) is 3.91. The first kappa shape index (κ1) is 19.1. The molecule has 0 fully saturated rings. The van der Waals surface area contributed by atoms with Crippen molar-refractivity contribution in [3.63, 3.8) is 0 Å². The minimum absolute atomic E-state index is 0.228. The molecule has 2 aromatic carbocycles. The number of halogens is 3. The van der Waals surface area contributed by atoms with Crippen LogP contribution in [0.3, 0.4) is 0 Å². The number of nitrogens with one attached hydrogen (secondary N) is 3. The van der Waals surface area contributed by atoms with Gasteiger partial charge in [-0.25, -0.2) is 0 Å². The minimum atomic E-state index is -4.34. The molecule has 0 bridgehead atoms.